The van der Waals surface area contributed by atoms with Gasteiger partial charge in [0.15, 0.2) is 0 Å². The number of hydrogen-bond acceptors (Lipinski definition) is 3. The Labute approximate surface area is 137 Å². The molecule has 3 aromatic heterocycles. The van der Waals surface area contributed by atoms with Gasteiger partial charge in [-0.2, -0.15) is 5.10 Å². The molecule has 0 aliphatic carbocycles. The Morgan fingerprint density at radius 2 is 1.96 bits per heavy atom. The highest BCUT2D eigenvalue weighted by Crippen LogP contribution is 2.19. The van der Waals surface area contributed by atoms with Gasteiger partial charge in [0, 0.05) is 38.1 Å². The van der Waals surface area contributed by atoms with Gasteiger partial charge < -0.3 is 4.40 Å². The Balaban J connectivity index is 1.79. The molecule has 3 heterocycles. The maximum Gasteiger partial charge on any atom is 0.136 e. The van der Waals surface area contributed by atoms with Crippen LogP contribution in [0.1, 0.15) is 42.3 Å². The van der Waals surface area contributed by atoms with Crippen LogP contribution in [-0.2, 0) is 20.1 Å². The second-order valence-electron chi connectivity index (χ2n) is 6.72. The van der Waals surface area contributed by atoms with E-state index in [0.29, 0.717) is 5.92 Å². The van der Waals surface area contributed by atoms with Gasteiger partial charge in [-0.15, -0.1) is 0 Å². The molecule has 122 valence electrons. The fourth-order valence-electron chi connectivity index (χ4n) is 3.04. The molecular weight excluding hydrogens is 286 g/mol. The minimum absolute atomic E-state index is 0.443. The van der Waals surface area contributed by atoms with Crippen LogP contribution >= 0.6 is 0 Å². The average molecular weight is 311 g/mol. The van der Waals surface area contributed by atoms with E-state index in [1.165, 1.54) is 22.5 Å². The van der Waals surface area contributed by atoms with Gasteiger partial charge in [-0.05, 0) is 31.5 Å². The number of aromatic nitrogens is 4. The lowest BCUT2D eigenvalue weighted by Gasteiger charge is -2.17. The highest BCUT2D eigenvalue weighted by atomic mass is 15.3. The highest BCUT2D eigenvalue weighted by molar-refractivity contribution is 5.41. The van der Waals surface area contributed by atoms with Crippen LogP contribution in [0, 0.1) is 6.92 Å². The van der Waals surface area contributed by atoms with Gasteiger partial charge >= 0.3 is 0 Å². The predicted molar refractivity (Wildman–Crippen MR) is 92.4 cm³/mol. The zero-order valence-electron chi connectivity index (χ0n) is 14.6. The first-order valence-corrected chi connectivity index (χ1v) is 8.07. The molecule has 0 bridgehead atoms. The summed E-state index contributed by atoms with van der Waals surface area (Å²) in [5.74, 6) is 0.443. The number of fused-ring (bicyclic) bond motifs is 1. The maximum atomic E-state index is 4.59. The number of imidazole rings is 1. The molecule has 3 aromatic rings. The van der Waals surface area contributed by atoms with Gasteiger partial charge in [0.2, 0.25) is 0 Å². The molecule has 0 aliphatic heterocycles. The summed E-state index contributed by atoms with van der Waals surface area (Å²) in [6, 6.07) is 4.16. The molecule has 0 atom stereocenters. The molecule has 5 nitrogen and oxygen atoms in total. The van der Waals surface area contributed by atoms with Crippen molar-refractivity contribution in [2.45, 2.75) is 39.8 Å². The number of pyridine rings is 1. The van der Waals surface area contributed by atoms with Crippen LogP contribution in [0.3, 0.4) is 0 Å². The van der Waals surface area contributed by atoms with Gasteiger partial charge in [-0.25, -0.2) is 4.98 Å². The van der Waals surface area contributed by atoms with Crippen LogP contribution < -0.4 is 0 Å². The van der Waals surface area contributed by atoms with E-state index in [1.807, 2.05) is 17.9 Å². The van der Waals surface area contributed by atoms with Crippen molar-refractivity contribution in [3.63, 3.8) is 0 Å². The summed E-state index contributed by atoms with van der Waals surface area (Å²) >= 11 is 0. The summed E-state index contributed by atoms with van der Waals surface area (Å²) in [6.07, 6.45) is 6.25. The quantitative estimate of drug-likeness (QED) is 0.726. The normalized spacial score (nSPS) is 12.0. The van der Waals surface area contributed by atoms with Crippen LogP contribution in [0.2, 0.25) is 0 Å². The van der Waals surface area contributed by atoms with Gasteiger partial charge in [-0.3, -0.25) is 9.58 Å². The monoisotopic (exact) mass is 311 g/mol. The van der Waals surface area contributed by atoms with Gasteiger partial charge in [0.1, 0.15) is 5.65 Å². The minimum Gasteiger partial charge on any atom is -0.303 e. The van der Waals surface area contributed by atoms with Crippen LogP contribution in [-0.4, -0.2) is 31.1 Å². The average Bonchev–Trinajstić information content (AvgIpc) is 3.03. The van der Waals surface area contributed by atoms with Crippen molar-refractivity contribution in [1.82, 2.24) is 24.1 Å². The summed E-state index contributed by atoms with van der Waals surface area (Å²) in [5, 5.41) is 4.59. The third-order valence-electron chi connectivity index (χ3n) is 4.09. The molecule has 0 spiro atoms. The van der Waals surface area contributed by atoms with Crippen molar-refractivity contribution < 1.29 is 0 Å². The fourth-order valence-corrected chi connectivity index (χ4v) is 3.04. The van der Waals surface area contributed by atoms with E-state index in [2.05, 4.69) is 71.7 Å². The second-order valence-corrected chi connectivity index (χ2v) is 6.72. The van der Waals surface area contributed by atoms with Crippen molar-refractivity contribution in [2.24, 2.45) is 7.05 Å². The number of nitrogens with zero attached hydrogens (tertiary/aromatic N) is 5. The first-order valence-electron chi connectivity index (χ1n) is 8.07. The maximum absolute atomic E-state index is 4.59. The Morgan fingerprint density at radius 3 is 2.70 bits per heavy atom. The SMILES string of the molecule is Cc1ccc2ncc(CN(C)Cc3cn(C)nc3C(C)C)n2c1. The lowest BCUT2D eigenvalue weighted by atomic mass is 10.1. The van der Waals surface area contributed by atoms with Crippen molar-refractivity contribution in [3.05, 3.63) is 53.2 Å². The van der Waals surface area contributed by atoms with Crippen LogP contribution in [0.15, 0.2) is 30.7 Å². The molecule has 3 rings (SSSR count). The molecule has 0 N–H and O–H groups in total. The third kappa shape index (κ3) is 3.29. The van der Waals surface area contributed by atoms with Crippen LogP contribution in [0.25, 0.3) is 5.65 Å². The third-order valence-corrected chi connectivity index (χ3v) is 4.09. The first-order chi connectivity index (χ1) is 10.9. The van der Waals surface area contributed by atoms with Crippen molar-refractivity contribution in [2.75, 3.05) is 7.05 Å². The van der Waals surface area contributed by atoms with E-state index >= 15 is 0 Å². The first kappa shape index (κ1) is 15.7. The smallest absolute Gasteiger partial charge is 0.136 e. The number of aryl methyl sites for hydroxylation is 2. The summed E-state index contributed by atoms with van der Waals surface area (Å²) in [6.45, 7) is 8.24. The lowest BCUT2D eigenvalue weighted by molar-refractivity contribution is 0.313. The second kappa shape index (κ2) is 6.16. The Kier molecular flexibility index (Phi) is 4.22. The predicted octanol–water partition coefficient (Wildman–Crippen LogP) is 3.13. The van der Waals surface area contributed by atoms with Crippen molar-refractivity contribution in [3.8, 4) is 0 Å². The lowest BCUT2D eigenvalue weighted by Crippen LogP contribution is -2.19. The molecule has 0 aliphatic rings. The zero-order valence-corrected chi connectivity index (χ0v) is 14.6. The van der Waals surface area contributed by atoms with E-state index < -0.39 is 0 Å². The van der Waals surface area contributed by atoms with Crippen LogP contribution in [0.4, 0.5) is 0 Å². The van der Waals surface area contributed by atoms with E-state index in [4.69, 9.17) is 0 Å². The number of rotatable bonds is 5. The van der Waals surface area contributed by atoms with Gasteiger partial charge in [0.25, 0.3) is 0 Å². The molecule has 0 fully saturated rings. The number of hydrogen-bond donors (Lipinski definition) is 0. The molecule has 0 aromatic carbocycles. The molecular formula is C18H25N5. The van der Waals surface area contributed by atoms with E-state index in [0.717, 1.165) is 18.7 Å². The molecule has 0 radical (unpaired) electrons. The standard InChI is InChI=1S/C18H25N5/c1-13(2)18-15(11-22(5)20-18)10-21(4)12-16-8-19-17-7-6-14(3)9-23(16)17/h6-9,11,13H,10,12H2,1-5H3. The minimum atomic E-state index is 0.443. The molecule has 5 heteroatoms. The Morgan fingerprint density at radius 1 is 1.17 bits per heavy atom. The molecule has 0 saturated carbocycles. The van der Waals surface area contributed by atoms with Crippen molar-refractivity contribution >= 4 is 5.65 Å². The summed E-state index contributed by atoms with van der Waals surface area (Å²) in [4.78, 5) is 6.80. The van der Waals surface area contributed by atoms with Gasteiger partial charge in [0.05, 0.1) is 17.6 Å². The summed E-state index contributed by atoms with van der Waals surface area (Å²) in [7, 11) is 4.13. The largest absolute Gasteiger partial charge is 0.303 e. The molecule has 23 heavy (non-hydrogen) atoms. The van der Waals surface area contributed by atoms with E-state index in [9.17, 15) is 0 Å². The van der Waals surface area contributed by atoms with E-state index in [-0.39, 0.29) is 0 Å². The van der Waals surface area contributed by atoms with Gasteiger partial charge in [-0.1, -0.05) is 19.9 Å². The zero-order chi connectivity index (χ0) is 16.6. The Hall–Kier alpha value is -2.14. The molecule has 0 unspecified atom stereocenters. The Bertz CT molecular complexity index is 812. The molecule has 0 amide bonds. The van der Waals surface area contributed by atoms with Crippen LogP contribution in [0.5, 0.6) is 0 Å². The molecule has 0 saturated heterocycles. The van der Waals surface area contributed by atoms with E-state index in [1.54, 1.807) is 0 Å². The summed E-state index contributed by atoms with van der Waals surface area (Å²) < 4.78 is 4.09. The van der Waals surface area contributed by atoms with Crippen molar-refractivity contribution in [1.29, 1.82) is 0 Å². The topological polar surface area (TPSA) is 38.4 Å². The fraction of sp³-hybridized carbons (Fsp3) is 0.444. The summed E-state index contributed by atoms with van der Waals surface area (Å²) in [5.41, 5.74) is 5.95. The highest BCUT2D eigenvalue weighted by Gasteiger charge is 2.14.